The van der Waals surface area contributed by atoms with Crippen LogP contribution in [-0.2, 0) is 22.4 Å². The van der Waals surface area contributed by atoms with Crippen LogP contribution in [0.2, 0.25) is 0 Å². The van der Waals surface area contributed by atoms with Crippen molar-refractivity contribution in [2.45, 2.75) is 58.4 Å². The molecule has 0 saturated heterocycles. The molecule has 0 spiro atoms. The maximum absolute atomic E-state index is 12.2. The number of aryl methyl sites for hydroxylation is 2. The maximum Gasteiger partial charge on any atom is 0.467 e. The summed E-state index contributed by atoms with van der Waals surface area (Å²) in [6, 6.07) is 4.11. The Labute approximate surface area is 194 Å². The molecule has 0 radical (unpaired) electrons. The fraction of sp³-hybridized carbons (Fsp3) is 0.435. The van der Waals surface area contributed by atoms with Crippen molar-refractivity contribution >= 4 is 23.4 Å². The number of alkyl halides is 3. The Morgan fingerprint density at radius 1 is 0.969 bits per heavy atom. The maximum atomic E-state index is 12.2. The van der Waals surface area contributed by atoms with Crippen molar-refractivity contribution in [3.05, 3.63) is 62.9 Å². The van der Waals surface area contributed by atoms with Gasteiger partial charge in [0.15, 0.2) is 0 Å². The van der Waals surface area contributed by atoms with Gasteiger partial charge in [0.2, 0.25) is 0 Å². The zero-order valence-corrected chi connectivity index (χ0v) is 20.3. The van der Waals surface area contributed by atoms with Crippen LogP contribution in [0.15, 0.2) is 29.9 Å². The number of benzene rings is 1. The molecule has 4 nitrogen and oxygen atoms in total. The molecule has 32 heavy (non-hydrogen) atoms. The minimum absolute atomic E-state index is 0.00861. The summed E-state index contributed by atoms with van der Waals surface area (Å²) in [5, 5.41) is 2.96. The second-order valence-corrected chi connectivity index (χ2v) is 10.5. The van der Waals surface area contributed by atoms with Gasteiger partial charge in [-0.3, -0.25) is 9.97 Å². The first kappa shape index (κ1) is 24.7. The Morgan fingerprint density at radius 3 is 2.28 bits per heavy atom. The van der Waals surface area contributed by atoms with Gasteiger partial charge in [-0.1, -0.05) is 32.9 Å². The predicted molar refractivity (Wildman–Crippen MR) is 124 cm³/mol. The Balaban J connectivity index is 1.66. The van der Waals surface area contributed by atoms with Gasteiger partial charge in [-0.25, -0.2) is 4.98 Å². The van der Waals surface area contributed by atoms with E-state index in [9.17, 15) is 13.2 Å². The van der Waals surface area contributed by atoms with Gasteiger partial charge in [-0.05, 0) is 42.5 Å². The molecule has 0 aliphatic heterocycles. The van der Waals surface area contributed by atoms with E-state index in [1.54, 1.807) is 23.7 Å². The lowest BCUT2D eigenvalue weighted by molar-refractivity contribution is -0.0396. The number of thiazole rings is 1. The number of halogens is 3. The standard InChI is InChI=1S/C23H26F3N3OS2/c1-14-9-17(15(2)8-16(14)6-7-30-32-23(24,25)26)10-21-29-19(13-31-21)18-11-28-20(12-27-18)22(3,4)5/h8-9,11-13H,6-7,10H2,1-5H3. The molecule has 0 fully saturated rings. The van der Waals surface area contributed by atoms with E-state index in [-0.39, 0.29) is 12.0 Å². The summed E-state index contributed by atoms with van der Waals surface area (Å²) >= 11 is 1.13. The van der Waals surface area contributed by atoms with Crippen molar-refractivity contribution in [2.75, 3.05) is 6.61 Å². The lowest BCUT2D eigenvalue weighted by atomic mass is 9.93. The molecule has 3 aromatic rings. The van der Waals surface area contributed by atoms with Crippen LogP contribution in [0.1, 0.15) is 53.7 Å². The first-order chi connectivity index (χ1) is 14.9. The highest BCUT2D eigenvalue weighted by atomic mass is 32.2. The van der Waals surface area contributed by atoms with Gasteiger partial charge in [-0.2, -0.15) is 13.2 Å². The van der Waals surface area contributed by atoms with Crippen LogP contribution in [0.4, 0.5) is 13.2 Å². The lowest BCUT2D eigenvalue weighted by Crippen LogP contribution is -2.13. The third kappa shape index (κ3) is 6.76. The molecule has 0 atom stereocenters. The molecule has 0 amide bonds. The van der Waals surface area contributed by atoms with Crippen molar-refractivity contribution in [3.8, 4) is 11.4 Å². The third-order valence-corrected chi connectivity index (χ3v) is 6.30. The highest BCUT2D eigenvalue weighted by molar-refractivity contribution is 7.95. The molecule has 1 aromatic carbocycles. The average molecular weight is 482 g/mol. The highest BCUT2D eigenvalue weighted by Gasteiger charge is 2.29. The zero-order valence-electron chi connectivity index (χ0n) is 18.7. The van der Waals surface area contributed by atoms with E-state index < -0.39 is 17.6 Å². The second-order valence-electron chi connectivity index (χ2n) is 8.65. The minimum atomic E-state index is -4.37. The Morgan fingerprint density at radius 2 is 1.66 bits per heavy atom. The number of hydrogen-bond acceptors (Lipinski definition) is 6. The van der Waals surface area contributed by atoms with Gasteiger partial charge in [0.05, 0.1) is 23.5 Å². The number of rotatable bonds is 7. The van der Waals surface area contributed by atoms with Crippen LogP contribution in [0.3, 0.4) is 0 Å². The Hall–Kier alpha value is -1.97. The molecule has 172 valence electrons. The first-order valence-corrected chi connectivity index (χ1v) is 11.8. The normalized spacial score (nSPS) is 12.4. The van der Waals surface area contributed by atoms with Crippen LogP contribution in [0, 0.1) is 13.8 Å². The predicted octanol–water partition coefficient (Wildman–Crippen LogP) is 6.83. The van der Waals surface area contributed by atoms with Crippen LogP contribution >= 0.6 is 23.4 Å². The van der Waals surface area contributed by atoms with Crippen molar-refractivity contribution in [1.82, 2.24) is 15.0 Å². The van der Waals surface area contributed by atoms with Gasteiger partial charge < -0.3 is 4.18 Å². The lowest BCUT2D eigenvalue weighted by Gasteiger charge is -2.16. The van der Waals surface area contributed by atoms with Crippen molar-refractivity contribution in [3.63, 3.8) is 0 Å². The van der Waals surface area contributed by atoms with Crippen molar-refractivity contribution in [2.24, 2.45) is 0 Å². The summed E-state index contributed by atoms with van der Waals surface area (Å²) in [6.07, 6.45) is 4.69. The van der Waals surface area contributed by atoms with E-state index in [1.165, 1.54) is 0 Å². The van der Waals surface area contributed by atoms with Crippen molar-refractivity contribution < 1.29 is 17.4 Å². The highest BCUT2D eigenvalue weighted by Crippen LogP contribution is 2.31. The molecule has 0 aliphatic carbocycles. The van der Waals surface area contributed by atoms with Gasteiger partial charge in [0.25, 0.3) is 0 Å². The fourth-order valence-electron chi connectivity index (χ4n) is 3.18. The largest absolute Gasteiger partial charge is 0.467 e. The Bertz CT molecular complexity index is 1060. The van der Waals surface area contributed by atoms with Gasteiger partial charge >= 0.3 is 5.51 Å². The molecule has 9 heteroatoms. The average Bonchev–Trinajstić information content (AvgIpc) is 3.16. The first-order valence-electron chi connectivity index (χ1n) is 10.2. The van der Waals surface area contributed by atoms with E-state index >= 15 is 0 Å². The molecule has 0 saturated carbocycles. The summed E-state index contributed by atoms with van der Waals surface area (Å²) in [5.41, 5.74) is 2.32. The second kappa shape index (κ2) is 9.89. The molecular weight excluding hydrogens is 455 g/mol. The van der Waals surface area contributed by atoms with E-state index in [2.05, 4.69) is 41.0 Å². The topological polar surface area (TPSA) is 47.9 Å². The molecular formula is C23H26F3N3OS2. The molecule has 0 aliphatic rings. The van der Waals surface area contributed by atoms with E-state index in [0.29, 0.717) is 12.8 Å². The summed E-state index contributed by atoms with van der Waals surface area (Å²) in [7, 11) is 0. The monoisotopic (exact) mass is 481 g/mol. The summed E-state index contributed by atoms with van der Waals surface area (Å²) in [5.74, 6) is 0. The van der Waals surface area contributed by atoms with Crippen LogP contribution in [-0.4, -0.2) is 27.1 Å². The number of nitrogens with zero attached hydrogens (tertiary/aromatic N) is 3. The fourth-order valence-corrected chi connectivity index (χ4v) is 4.29. The summed E-state index contributed by atoms with van der Waals surface area (Å²) in [4.78, 5) is 13.8. The molecule has 0 N–H and O–H groups in total. The molecule has 2 heterocycles. The van der Waals surface area contributed by atoms with E-state index in [1.807, 2.05) is 25.3 Å². The Kier molecular flexibility index (Phi) is 7.62. The van der Waals surface area contributed by atoms with Crippen molar-refractivity contribution in [1.29, 1.82) is 0 Å². The number of hydrogen-bond donors (Lipinski definition) is 0. The quantitative estimate of drug-likeness (QED) is 0.273. The van der Waals surface area contributed by atoms with Gasteiger partial charge in [0.1, 0.15) is 23.4 Å². The summed E-state index contributed by atoms with van der Waals surface area (Å²) in [6.45, 7) is 10.3. The number of aromatic nitrogens is 3. The molecule has 0 bridgehead atoms. The molecule has 0 unspecified atom stereocenters. The minimum Gasteiger partial charge on any atom is -0.308 e. The zero-order chi connectivity index (χ0) is 23.5. The van der Waals surface area contributed by atoms with Gasteiger partial charge in [0, 0.05) is 23.4 Å². The molecule has 2 aromatic heterocycles. The van der Waals surface area contributed by atoms with Gasteiger partial charge in [-0.15, -0.1) is 11.3 Å². The van der Waals surface area contributed by atoms with Crippen LogP contribution < -0.4 is 0 Å². The molecule has 3 rings (SSSR count). The van der Waals surface area contributed by atoms with Crippen LogP contribution in [0.25, 0.3) is 11.4 Å². The van der Waals surface area contributed by atoms with Crippen LogP contribution in [0.5, 0.6) is 0 Å². The smallest absolute Gasteiger partial charge is 0.308 e. The third-order valence-electron chi connectivity index (χ3n) is 4.98. The van der Waals surface area contributed by atoms with E-state index in [0.717, 1.165) is 44.3 Å². The van der Waals surface area contributed by atoms with E-state index in [4.69, 9.17) is 4.98 Å². The SMILES string of the molecule is Cc1cc(Cc2nc(-c3cnc(C(C)(C)C)cn3)cs2)c(C)cc1CCOSC(F)(F)F. The summed E-state index contributed by atoms with van der Waals surface area (Å²) < 4.78 is 41.2.